The third-order valence-electron chi connectivity index (χ3n) is 3.97. The number of amides is 1. The van der Waals surface area contributed by atoms with Gasteiger partial charge in [0.25, 0.3) is 5.22 Å². The number of aromatic nitrogens is 2. The largest absolute Gasteiger partial charge is 0.411 e. The van der Waals surface area contributed by atoms with Crippen molar-refractivity contribution in [2.75, 3.05) is 18.8 Å². The van der Waals surface area contributed by atoms with Gasteiger partial charge in [0.05, 0.1) is 18.0 Å². The molecule has 2 aromatic rings. The lowest BCUT2D eigenvalue weighted by Crippen LogP contribution is -2.48. The molecule has 25 heavy (non-hydrogen) atoms. The van der Waals surface area contributed by atoms with Gasteiger partial charge in [-0.2, -0.15) is 0 Å². The molecular formula is C18H23N3O3S. The summed E-state index contributed by atoms with van der Waals surface area (Å²) in [5.41, 5.74) is 3.19. The normalized spacial score (nSPS) is 20.7. The average molecular weight is 361 g/mol. The van der Waals surface area contributed by atoms with Gasteiger partial charge in [-0.3, -0.25) is 4.79 Å². The minimum Gasteiger partial charge on any atom is -0.411 e. The number of thioether (sulfide) groups is 1. The summed E-state index contributed by atoms with van der Waals surface area (Å²) in [6.45, 7) is 9.29. The fourth-order valence-electron chi connectivity index (χ4n) is 3.08. The van der Waals surface area contributed by atoms with Gasteiger partial charge in [-0.15, -0.1) is 10.2 Å². The molecule has 0 radical (unpaired) electrons. The first-order chi connectivity index (χ1) is 11.9. The molecule has 1 saturated heterocycles. The second-order valence-electron chi connectivity index (χ2n) is 6.59. The van der Waals surface area contributed by atoms with Crippen molar-refractivity contribution in [1.82, 2.24) is 15.1 Å². The molecule has 3 rings (SSSR count). The summed E-state index contributed by atoms with van der Waals surface area (Å²) in [6.07, 6.45) is 0.134. The molecule has 1 aromatic heterocycles. The van der Waals surface area contributed by atoms with Crippen LogP contribution in [0.3, 0.4) is 0 Å². The molecule has 0 unspecified atom stereocenters. The number of carbonyl (C=O) groups is 1. The number of hydrogen-bond donors (Lipinski definition) is 0. The smallest absolute Gasteiger partial charge is 0.277 e. The second kappa shape index (κ2) is 7.58. The molecule has 1 aliphatic rings. The molecule has 6 nitrogen and oxygen atoms in total. The maximum atomic E-state index is 12.4. The topological polar surface area (TPSA) is 68.5 Å². The maximum Gasteiger partial charge on any atom is 0.277 e. The highest BCUT2D eigenvalue weighted by Gasteiger charge is 2.26. The number of morpholine rings is 1. The van der Waals surface area contributed by atoms with Crippen LogP contribution >= 0.6 is 11.8 Å². The Morgan fingerprint density at radius 3 is 2.44 bits per heavy atom. The molecule has 1 aromatic carbocycles. The van der Waals surface area contributed by atoms with E-state index < -0.39 is 0 Å². The van der Waals surface area contributed by atoms with Gasteiger partial charge in [0.2, 0.25) is 11.8 Å². The first-order valence-electron chi connectivity index (χ1n) is 8.39. The summed E-state index contributed by atoms with van der Waals surface area (Å²) in [4.78, 5) is 14.2. The number of carbonyl (C=O) groups excluding carboxylic acids is 1. The Labute approximate surface area is 151 Å². The van der Waals surface area contributed by atoms with Gasteiger partial charge < -0.3 is 14.1 Å². The SMILES string of the molecule is Cc1cc(C)cc(-c2nnc(SCC(=O)N3C[C@@H](C)O[C@@H](C)C3)o2)c1. The van der Waals surface area contributed by atoms with E-state index in [9.17, 15) is 4.79 Å². The summed E-state index contributed by atoms with van der Waals surface area (Å²) in [7, 11) is 0. The second-order valence-corrected chi connectivity index (χ2v) is 7.52. The van der Waals surface area contributed by atoms with Crippen LogP contribution in [0.1, 0.15) is 25.0 Å². The minimum atomic E-state index is 0.0669. The minimum absolute atomic E-state index is 0.0669. The number of rotatable bonds is 4. The Morgan fingerprint density at radius 2 is 1.80 bits per heavy atom. The Balaban J connectivity index is 1.61. The third-order valence-corrected chi connectivity index (χ3v) is 4.77. The van der Waals surface area contributed by atoms with Crippen LogP contribution in [0, 0.1) is 13.8 Å². The van der Waals surface area contributed by atoms with Crippen LogP contribution in [-0.4, -0.2) is 52.1 Å². The molecule has 0 aliphatic carbocycles. The lowest BCUT2D eigenvalue weighted by atomic mass is 10.1. The molecule has 0 spiro atoms. The summed E-state index contributed by atoms with van der Waals surface area (Å²) < 4.78 is 11.4. The third kappa shape index (κ3) is 4.61. The molecule has 0 N–H and O–H groups in total. The monoisotopic (exact) mass is 361 g/mol. The van der Waals surface area contributed by atoms with Crippen molar-refractivity contribution in [3.05, 3.63) is 29.3 Å². The van der Waals surface area contributed by atoms with Crippen molar-refractivity contribution in [2.24, 2.45) is 0 Å². The van der Waals surface area contributed by atoms with E-state index in [-0.39, 0.29) is 23.9 Å². The summed E-state index contributed by atoms with van der Waals surface area (Å²) >= 11 is 1.28. The van der Waals surface area contributed by atoms with Crippen LogP contribution in [-0.2, 0) is 9.53 Å². The van der Waals surface area contributed by atoms with Gasteiger partial charge >= 0.3 is 0 Å². The average Bonchev–Trinajstić information content (AvgIpc) is 2.99. The predicted molar refractivity (Wildman–Crippen MR) is 96.5 cm³/mol. The highest BCUT2D eigenvalue weighted by molar-refractivity contribution is 7.99. The maximum absolute atomic E-state index is 12.4. The van der Waals surface area contributed by atoms with E-state index in [4.69, 9.17) is 9.15 Å². The molecule has 1 fully saturated rings. The number of nitrogens with zero attached hydrogens (tertiary/aromatic N) is 3. The van der Waals surface area contributed by atoms with E-state index in [1.54, 1.807) is 0 Å². The van der Waals surface area contributed by atoms with E-state index in [1.165, 1.54) is 11.8 Å². The van der Waals surface area contributed by atoms with Crippen molar-refractivity contribution in [3.63, 3.8) is 0 Å². The first-order valence-corrected chi connectivity index (χ1v) is 9.37. The van der Waals surface area contributed by atoms with E-state index in [1.807, 2.05) is 44.7 Å². The Bertz CT molecular complexity index is 732. The van der Waals surface area contributed by atoms with Crippen LogP contribution in [0.5, 0.6) is 0 Å². The van der Waals surface area contributed by atoms with Crippen LogP contribution in [0.25, 0.3) is 11.5 Å². The van der Waals surface area contributed by atoms with E-state index in [2.05, 4.69) is 16.3 Å². The van der Waals surface area contributed by atoms with Crippen LogP contribution in [0.4, 0.5) is 0 Å². The van der Waals surface area contributed by atoms with E-state index in [0.29, 0.717) is 24.2 Å². The van der Waals surface area contributed by atoms with E-state index >= 15 is 0 Å². The van der Waals surface area contributed by atoms with Crippen molar-refractivity contribution in [3.8, 4) is 11.5 Å². The number of aryl methyl sites for hydroxylation is 2. The van der Waals surface area contributed by atoms with Crippen LogP contribution in [0.15, 0.2) is 27.8 Å². The molecule has 2 heterocycles. The zero-order valence-electron chi connectivity index (χ0n) is 15.0. The molecule has 1 aliphatic heterocycles. The highest BCUT2D eigenvalue weighted by atomic mass is 32.2. The van der Waals surface area contributed by atoms with Crippen LogP contribution < -0.4 is 0 Å². The molecule has 0 bridgehead atoms. The number of hydrogen-bond acceptors (Lipinski definition) is 6. The van der Waals surface area contributed by atoms with Gasteiger partial charge in [0.15, 0.2) is 0 Å². The summed E-state index contributed by atoms with van der Waals surface area (Å²) in [5, 5.41) is 8.56. The molecule has 7 heteroatoms. The quantitative estimate of drug-likeness (QED) is 0.780. The predicted octanol–water partition coefficient (Wildman–Crippen LogP) is 3.08. The molecule has 0 saturated carbocycles. The summed E-state index contributed by atoms with van der Waals surface area (Å²) in [5.74, 6) is 0.835. The van der Waals surface area contributed by atoms with E-state index in [0.717, 1.165) is 16.7 Å². The molecule has 2 atom stereocenters. The highest BCUT2D eigenvalue weighted by Crippen LogP contribution is 2.25. The lowest BCUT2D eigenvalue weighted by Gasteiger charge is -2.35. The van der Waals surface area contributed by atoms with Crippen LogP contribution in [0.2, 0.25) is 0 Å². The Morgan fingerprint density at radius 1 is 1.16 bits per heavy atom. The van der Waals surface area contributed by atoms with Gasteiger partial charge in [-0.25, -0.2) is 0 Å². The fourth-order valence-corrected chi connectivity index (χ4v) is 3.75. The van der Waals surface area contributed by atoms with Gasteiger partial charge in [0, 0.05) is 18.7 Å². The number of ether oxygens (including phenoxy) is 1. The summed E-state index contributed by atoms with van der Waals surface area (Å²) in [6, 6.07) is 6.12. The Kier molecular flexibility index (Phi) is 5.44. The Hall–Kier alpha value is -1.86. The number of benzene rings is 1. The lowest BCUT2D eigenvalue weighted by molar-refractivity contribution is -0.140. The molecular weight excluding hydrogens is 338 g/mol. The fraction of sp³-hybridized carbons (Fsp3) is 0.500. The van der Waals surface area contributed by atoms with Crippen molar-refractivity contribution in [1.29, 1.82) is 0 Å². The standard InChI is InChI=1S/C18H23N3O3S/c1-11-5-12(2)7-15(6-11)17-19-20-18(24-17)25-10-16(22)21-8-13(3)23-14(4)9-21/h5-7,13-14H,8-10H2,1-4H3/t13-,14+. The van der Waals surface area contributed by atoms with Gasteiger partial charge in [-0.1, -0.05) is 29.0 Å². The zero-order valence-corrected chi connectivity index (χ0v) is 15.8. The van der Waals surface area contributed by atoms with Crippen molar-refractivity contribution >= 4 is 17.7 Å². The van der Waals surface area contributed by atoms with Gasteiger partial charge in [-0.05, 0) is 39.8 Å². The molecule has 134 valence electrons. The molecule has 1 amide bonds. The first kappa shape index (κ1) is 17.9. The van der Waals surface area contributed by atoms with Gasteiger partial charge in [0.1, 0.15) is 0 Å². The van der Waals surface area contributed by atoms with Crippen molar-refractivity contribution < 1.29 is 13.9 Å². The van der Waals surface area contributed by atoms with Crippen molar-refractivity contribution in [2.45, 2.75) is 45.1 Å². The zero-order chi connectivity index (χ0) is 18.0.